The van der Waals surface area contributed by atoms with Gasteiger partial charge in [-0.15, -0.1) is 0 Å². The number of pyridine rings is 1. The van der Waals surface area contributed by atoms with Crippen molar-refractivity contribution in [1.29, 1.82) is 0 Å². The Hall–Kier alpha value is -3.33. The van der Waals surface area contributed by atoms with Crippen molar-refractivity contribution < 1.29 is 50.4 Å². The number of rotatable bonds is 5. The van der Waals surface area contributed by atoms with Gasteiger partial charge in [0.05, 0.1) is 0 Å². The van der Waals surface area contributed by atoms with Gasteiger partial charge in [-0.05, 0) is 0 Å². The Morgan fingerprint density at radius 1 is 1.20 bits per heavy atom. The maximum atomic E-state index is 16.3. The molecule has 4 aliphatic rings. The molecule has 1 saturated carbocycles. The molecule has 4 heterocycles. The number of carbonyl (C=O) groups is 3. The third kappa shape index (κ3) is 3.79. The molecule has 0 bridgehead atoms. The van der Waals surface area contributed by atoms with Crippen molar-refractivity contribution >= 4 is 40.9 Å². The monoisotopic (exact) mass is 746 g/mol. The number of ether oxygens (including phenoxy) is 1. The first kappa shape index (κ1) is 30.3. The van der Waals surface area contributed by atoms with Crippen molar-refractivity contribution in [2.75, 3.05) is 21.8 Å². The average Bonchev–Trinajstić information content (AvgIpc) is 3.54. The first-order valence-corrected chi connectivity index (χ1v) is 17.0. The van der Waals surface area contributed by atoms with Gasteiger partial charge in [-0.2, -0.15) is 0 Å². The molecule has 1 aliphatic carbocycles. The predicted molar refractivity (Wildman–Crippen MR) is 160 cm³/mol. The molecule has 2 amide bonds. The summed E-state index contributed by atoms with van der Waals surface area (Å²) in [5.74, 6) is -2.78. The molecule has 10 nitrogen and oxygen atoms in total. The van der Waals surface area contributed by atoms with Gasteiger partial charge in [0.1, 0.15) is 0 Å². The maximum absolute atomic E-state index is 16.3. The summed E-state index contributed by atoms with van der Waals surface area (Å²) in [4.78, 5) is 49.8. The molecule has 2 aromatic carbocycles. The van der Waals surface area contributed by atoms with E-state index in [1.165, 1.54) is 25.3 Å². The number of fused-ring (bicyclic) bond motifs is 5. The second-order valence-corrected chi connectivity index (χ2v) is 15.0. The van der Waals surface area contributed by atoms with Crippen molar-refractivity contribution in [3.05, 3.63) is 82.3 Å². The first-order chi connectivity index (χ1) is 21.4. The Morgan fingerprint density at radius 2 is 1.96 bits per heavy atom. The number of halogens is 3. The van der Waals surface area contributed by atoms with Gasteiger partial charge in [-0.25, -0.2) is 4.79 Å². The van der Waals surface area contributed by atoms with Gasteiger partial charge in [0, 0.05) is 0 Å². The van der Waals surface area contributed by atoms with Crippen molar-refractivity contribution in [2.45, 2.75) is 50.1 Å². The van der Waals surface area contributed by atoms with Gasteiger partial charge in [-0.3, -0.25) is 0 Å². The molecule has 45 heavy (non-hydrogen) atoms. The summed E-state index contributed by atoms with van der Waals surface area (Å²) in [5.41, 5.74) is -1.33. The van der Waals surface area contributed by atoms with E-state index >= 15 is 9.18 Å². The average molecular weight is 747 g/mol. The molecular formula is C32H31ClFIN5O5-. The van der Waals surface area contributed by atoms with Crippen LogP contribution in [0.3, 0.4) is 0 Å². The van der Waals surface area contributed by atoms with E-state index in [1.54, 1.807) is 38.5 Å². The molecule has 2 spiro atoms. The number of carbonyl (C=O) groups excluding carboxylic acids is 2. The van der Waals surface area contributed by atoms with Crippen molar-refractivity contribution in [2.24, 2.45) is 15.3 Å². The predicted octanol–water partition coefficient (Wildman–Crippen LogP) is 1.32. The van der Waals surface area contributed by atoms with Crippen LogP contribution in [0.2, 0.25) is 5.02 Å². The molecule has 2 saturated heterocycles. The Bertz CT molecular complexity index is 1800. The number of methoxy groups -OCH3 is 1. The number of nitrogens with zero attached hydrogens (tertiary/aromatic N) is 4. The van der Waals surface area contributed by atoms with Gasteiger partial charge >= 0.3 is 266 Å². The van der Waals surface area contributed by atoms with E-state index in [0.29, 0.717) is 23.5 Å². The number of nitrogens with two attached hydrogens (primary N) is 1. The van der Waals surface area contributed by atoms with Gasteiger partial charge < -0.3 is 5.11 Å². The molecule has 236 valence electrons. The molecule has 0 radical (unpaired) electrons. The minimum absolute atomic E-state index is 0.0119. The van der Waals surface area contributed by atoms with Gasteiger partial charge in [0.25, 0.3) is 0 Å². The molecule has 3 N–H and O–H groups in total. The Kier molecular flexibility index (Phi) is 6.80. The number of hydrogen-bond acceptors (Lipinski definition) is 7. The van der Waals surface area contributed by atoms with Crippen LogP contribution in [0.4, 0.5) is 15.9 Å². The molecule has 0 unspecified atom stereocenters. The van der Waals surface area contributed by atoms with Crippen LogP contribution in [0.15, 0.2) is 54.7 Å². The fourth-order valence-corrected chi connectivity index (χ4v) is 9.95. The zero-order valence-corrected chi connectivity index (χ0v) is 27.8. The quantitative estimate of drug-likeness (QED) is 0.296. The molecule has 3 aliphatic heterocycles. The van der Waals surface area contributed by atoms with Crippen LogP contribution >= 0.6 is 11.6 Å². The van der Waals surface area contributed by atoms with Gasteiger partial charge in [-0.1, -0.05) is 0 Å². The van der Waals surface area contributed by atoms with Crippen LogP contribution in [-0.4, -0.2) is 58.1 Å². The normalized spacial score (nSPS) is 28.8. The Balaban J connectivity index is 1.51. The molecule has 13 heteroatoms. The summed E-state index contributed by atoms with van der Waals surface area (Å²) in [5, 5.41) is 9.46. The number of carboxylic acids is 1. The summed E-state index contributed by atoms with van der Waals surface area (Å²) < 4.78 is 29.7. The third-order valence-corrected chi connectivity index (χ3v) is 11.9. The summed E-state index contributed by atoms with van der Waals surface area (Å²) in [7, 11) is 1.41. The molecule has 5 atom stereocenters. The van der Waals surface area contributed by atoms with Crippen LogP contribution < -0.4 is 38.4 Å². The zero-order valence-electron chi connectivity index (χ0n) is 24.9. The second-order valence-electron chi connectivity index (χ2n) is 13.0. The number of hydrogen-bond donors (Lipinski definition) is 2. The summed E-state index contributed by atoms with van der Waals surface area (Å²) in [6.07, 6.45) is 2.20. The molecule has 1 aromatic heterocycles. The minimum atomic E-state index is -1.37. The first-order valence-electron chi connectivity index (χ1n) is 14.4. The van der Waals surface area contributed by atoms with Crippen molar-refractivity contribution in [3.8, 4) is 5.75 Å². The van der Waals surface area contributed by atoms with Crippen LogP contribution in [0.1, 0.15) is 54.6 Å². The number of anilines is 2. The fourth-order valence-electron chi connectivity index (χ4n) is 8.49. The number of amides is 2. The van der Waals surface area contributed by atoms with E-state index in [-0.39, 0.29) is 51.7 Å². The second kappa shape index (κ2) is 10.1. The van der Waals surface area contributed by atoms with Crippen LogP contribution in [0.25, 0.3) is 0 Å². The van der Waals surface area contributed by atoms with E-state index in [0.717, 1.165) is 0 Å². The SMILES string of the molecule is COc1cc(C(=O)O)ccc1N1CN2[C@@H](C1=O)[C@H](c1cccc(Cl)c1F)[C@]1(C(=O)N([I-]N)c3ncccc31)[C@]21C[C@H]1C(C)(C)C. The van der Waals surface area contributed by atoms with Gasteiger partial charge in [0.2, 0.25) is 0 Å². The molecule has 7 rings (SSSR count). The third-order valence-electron chi connectivity index (χ3n) is 10.1. The van der Waals surface area contributed by atoms with E-state index in [1.807, 2.05) is 6.07 Å². The molecule has 3 aromatic rings. The number of aromatic nitrogens is 1. The van der Waals surface area contributed by atoms with Crippen LogP contribution in [-0.2, 0) is 15.0 Å². The van der Waals surface area contributed by atoms with Crippen LogP contribution in [0.5, 0.6) is 5.75 Å². The summed E-state index contributed by atoms with van der Waals surface area (Å²) >= 11 is 5.08. The van der Waals surface area contributed by atoms with E-state index < -0.39 is 56.5 Å². The van der Waals surface area contributed by atoms with E-state index in [9.17, 15) is 14.7 Å². The molecule has 3 fully saturated rings. The Morgan fingerprint density at radius 3 is 2.60 bits per heavy atom. The molecular weight excluding hydrogens is 716 g/mol. The topological polar surface area (TPSA) is 129 Å². The Labute approximate surface area is 275 Å². The van der Waals surface area contributed by atoms with E-state index in [2.05, 4.69) is 30.7 Å². The van der Waals surface area contributed by atoms with E-state index in [4.69, 9.17) is 20.3 Å². The van der Waals surface area contributed by atoms with Gasteiger partial charge in [0.15, 0.2) is 0 Å². The summed E-state index contributed by atoms with van der Waals surface area (Å²) in [6, 6.07) is 11.7. The van der Waals surface area contributed by atoms with Crippen molar-refractivity contribution in [1.82, 2.24) is 9.88 Å². The number of aromatic carboxylic acids is 1. The van der Waals surface area contributed by atoms with Crippen LogP contribution in [0, 0.1) is 17.2 Å². The van der Waals surface area contributed by atoms with Crippen molar-refractivity contribution in [3.63, 3.8) is 0 Å². The summed E-state index contributed by atoms with van der Waals surface area (Å²) in [6.45, 7) is 6.43. The number of benzene rings is 2. The fraction of sp³-hybridized carbons (Fsp3) is 0.375. The zero-order chi connectivity index (χ0) is 32.2. The standard InChI is InChI=1S/C32H31ClFIN5O5/c1-30(2,3)22-14-31(22)32(18-8-6-12-37-26(18)40(35-36)29(32)44)23(17-7-5-9-19(33)24(17)34)25-27(41)38(15-39(25)31)20-11-10-16(28(42)43)13-21(20)45-4/h5-13,22-23,25H,14-15,36H2,1-4H3,(H,42,43)/q-1/t22-,23-,25+,31+,32+/m0/s1. The number of carboxylic acid groups (broad SMARTS) is 1.